The number of hydrogen-bond donors (Lipinski definition) is 3. The normalized spacial score (nSPS) is 11.5. The second-order valence-corrected chi connectivity index (χ2v) is 7.28. The van der Waals surface area contributed by atoms with Crippen LogP contribution in [0.4, 0.5) is 5.69 Å². The molecule has 5 nitrogen and oxygen atoms in total. The van der Waals surface area contributed by atoms with Crippen LogP contribution in [0.2, 0.25) is 0 Å². The number of hydrogen-bond acceptors (Lipinski definition) is 4. The van der Waals surface area contributed by atoms with Gasteiger partial charge in [-0.25, -0.2) is 0 Å². The summed E-state index contributed by atoms with van der Waals surface area (Å²) < 4.78 is 5.93. The molecule has 0 saturated heterocycles. The maximum absolute atomic E-state index is 12.8. The molecule has 0 aliphatic carbocycles. The van der Waals surface area contributed by atoms with Gasteiger partial charge in [0.15, 0.2) is 5.75 Å². The summed E-state index contributed by atoms with van der Waals surface area (Å²) in [6, 6.07) is 33.5. The van der Waals surface area contributed by atoms with Crippen molar-refractivity contribution < 1.29 is 14.6 Å². The Kier molecular flexibility index (Phi) is 6.80. The summed E-state index contributed by atoms with van der Waals surface area (Å²) in [4.78, 5) is 12.8. The summed E-state index contributed by atoms with van der Waals surface area (Å²) in [5.41, 5.74) is 2.58. The van der Waals surface area contributed by atoms with Crippen LogP contribution in [0, 0.1) is 0 Å². The zero-order valence-corrected chi connectivity index (χ0v) is 17.4. The Balaban J connectivity index is 1.46. The van der Waals surface area contributed by atoms with Gasteiger partial charge in [0.25, 0.3) is 0 Å². The molecule has 0 heterocycles. The van der Waals surface area contributed by atoms with E-state index in [0.29, 0.717) is 17.2 Å². The van der Waals surface area contributed by atoms with Gasteiger partial charge in [-0.3, -0.25) is 10.1 Å². The van der Waals surface area contributed by atoms with Crippen LogP contribution in [0.3, 0.4) is 0 Å². The lowest BCUT2D eigenvalue weighted by molar-refractivity contribution is -0.115. The van der Waals surface area contributed by atoms with Crippen LogP contribution < -0.4 is 15.4 Å². The molecule has 0 saturated carbocycles. The first kappa shape index (κ1) is 21.2. The molecule has 0 spiro atoms. The maximum Gasteiger partial charge on any atom is 0.238 e. The first-order valence-electron chi connectivity index (χ1n) is 10.4. The van der Waals surface area contributed by atoms with E-state index in [1.54, 1.807) is 12.1 Å². The van der Waals surface area contributed by atoms with Gasteiger partial charge in [-0.05, 0) is 47.5 Å². The van der Waals surface area contributed by atoms with Crippen LogP contribution in [-0.4, -0.2) is 17.6 Å². The van der Waals surface area contributed by atoms with Crippen LogP contribution in [-0.2, 0) is 4.79 Å². The molecule has 32 heavy (non-hydrogen) atoms. The molecule has 5 heteroatoms. The summed E-state index contributed by atoms with van der Waals surface area (Å²) in [6.07, 6.45) is 0. The molecule has 1 atom stereocenters. The molecule has 0 bridgehead atoms. The number of carbonyl (C=O) groups is 1. The van der Waals surface area contributed by atoms with Crippen molar-refractivity contribution in [3.63, 3.8) is 0 Å². The van der Waals surface area contributed by atoms with Gasteiger partial charge in [-0.1, -0.05) is 72.8 Å². The quantitative estimate of drug-likeness (QED) is 0.349. The fourth-order valence-corrected chi connectivity index (χ4v) is 3.40. The van der Waals surface area contributed by atoms with E-state index >= 15 is 0 Å². The smallest absolute Gasteiger partial charge is 0.238 e. The van der Waals surface area contributed by atoms with Crippen LogP contribution in [0.15, 0.2) is 109 Å². The number of para-hydroxylation sites is 3. The third-order valence-electron chi connectivity index (χ3n) is 4.96. The molecule has 1 amide bonds. The van der Waals surface area contributed by atoms with Gasteiger partial charge in [-0.15, -0.1) is 0 Å². The fourth-order valence-electron chi connectivity index (χ4n) is 3.40. The second-order valence-electron chi connectivity index (χ2n) is 7.28. The van der Waals surface area contributed by atoms with Crippen molar-refractivity contribution in [2.75, 3.05) is 11.9 Å². The Morgan fingerprint density at radius 2 is 1.34 bits per heavy atom. The van der Waals surface area contributed by atoms with Crippen LogP contribution in [0.25, 0.3) is 0 Å². The van der Waals surface area contributed by atoms with Crippen molar-refractivity contribution >= 4 is 11.6 Å². The van der Waals surface area contributed by atoms with Crippen LogP contribution in [0.1, 0.15) is 17.2 Å². The SMILES string of the molecule is O=C(CN[C@@H](c1ccccc1)c1ccc(O)cc1)Nc1ccccc1Oc1ccccc1. The van der Waals surface area contributed by atoms with E-state index in [1.165, 1.54) is 0 Å². The second kappa shape index (κ2) is 10.3. The summed E-state index contributed by atoms with van der Waals surface area (Å²) in [5.74, 6) is 1.29. The Morgan fingerprint density at radius 1 is 0.750 bits per heavy atom. The lowest BCUT2D eigenvalue weighted by Gasteiger charge is -2.20. The molecular weight excluding hydrogens is 400 g/mol. The Bertz CT molecular complexity index is 1150. The van der Waals surface area contributed by atoms with Crippen LogP contribution in [0.5, 0.6) is 17.2 Å². The van der Waals surface area contributed by atoms with Gasteiger partial charge in [0.1, 0.15) is 11.5 Å². The van der Waals surface area contributed by atoms with Crippen molar-refractivity contribution in [2.24, 2.45) is 0 Å². The first-order valence-corrected chi connectivity index (χ1v) is 10.4. The van der Waals surface area contributed by atoms with Crippen molar-refractivity contribution in [2.45, 2.75) is 6.04 Å². The standard InChI is InChI=1S/C27H24N2O3/c30-22-17-15-21(16-18-22)27(20-9-3-1-4-10-20)28-19-26(31)29-24-13-7-8-14-25(24)32-23-11-5-2-6-12-23/h1-18,27-28,30H,19H2,(H,29,31)/t27-/m0/s1. The van der Waals surface area contributed by atoms with Crippen molar-refractivity contribution in [3.05, 3.63) is 120 Å². The van der Waals surface area contributed by atoms with Gasteiger partial charge in [0, 0.05) is 0 Å². The minimum Gasteiger partial charge on any atom is -0.508 e. The number of anilines is 1. The largest absolute Gasteiger partial charge is 0.508 e. The fraction of sp³-hybridized carbons (Fsp3) is 0.0741. The monoisotopic (exact) mass is 424 g/mol. The molecule has 0 aromatic heterocycles. The van der Waals surface area contributed by atoms with E-state index in [2.05, 4.69) is 10.6 Å². The molecule has 3 N–H and O–H groups in total. The molecule has 4 aromatic rings. The molecule has 160 valence electrons. The maximum atomic E-state index is 12.8. The highest BCUT2D eigenvalue weighted by Crippen LogP contribution is 2.29. The molecule has 0 fully saturated rings. The van der Waals surface area contributed by atoms with E-state index in [1.807, 2.05) is 97.1 Å². The summed E-state index contributed by atoms with van der Waals surface area (Å²) in [7, 11) is 0. The average molecular weight is 425 g/mol. The van der Waals surface area contributed by atoms with Gasteiger partial charge >= 0.3 is 0 Å². The Labute approximate surface area is 187 Å². The molecule has 0 aliphatic rings. The Hall–Kier alpha value is -4.09. The zero-order valence-electron chi connectivity index (χ0n) is 17.4. The number of rotatable bonds is 8. The number of ether oxygens (including phenoxy) is 1. The van der Waals surface area contributed by atoms with Crippen molar-refractivity contribution in [3.8, 4) is 17.2 Å². The predicted molar refractivity (Wildman–Crippen MR) is 126 cm³/mol. The summed E-state index contributed by atoms with van der Waals surface area (Å²) >= 11 is 0. The highest BCUT2D eigenvalue weighted by atomic mass is 16.5. The van der Waals surface area contributed by atoms with Gasteiger partial charge in [0.05, 0.1) is 18.3 Å². The predicted octanol–water partition coefficient (Wildman–Crippen LogP) is 5.50. The van der Waals surface area contributed by atoms with E-state index in [-0.39, 0.29) is 24.2 Å². The first-order chi connectivity index (χ1) is 15.7. The van der Waals surface area contributed by atoms with Gasteiger partial charge in [0.2, 0.25) is 5.91 Å². The number of aromatic hydroxyl groups is 1. The zero-order chi connectivity index (χ0) is 22.2. The lowest BCUT2D eigenvalue weighted by atomic mass is 9.98. The molecule has 4 rings (SSSR count). The molecule has 0 radical (unpaired) electrons. The molecule has 0 unspecified atom stereocenters. The van der Waals surface area contributed by atoms with E-state index in [9.17, 15) is 9.90 Å². The third-order valence-corrected chi connectivity index (χ3v) is 4.96. The highest BCUT2D eigenvalue weighted by Gasteiger charge is 2.16. The van der Waals surface area contributed by atoms with Gasteiger partial charge in [-0.2, -0.15) is 0 Å². The Morgan fingerprint density at radius 3 is 2.06 bits per heavy atom. The number of phenolic OH excluding ortho intramolecular Hbond substituents is 1. The van der Waals surface area contributed by atoms with Crippen molar-refractivity contribution in [1.82, 2.24) is 5.32 Å². The highest BCUT2D eigenvalue weighted by molar-refractivity contribution is 5.93. The number of phenols is 1. The summed E-state index contributed by atoms with van der Waals surface area (Å²) in [6.45, 7) is 0.0973. The average Bonchev–Trinajstić information content (AvgIpc) is 2.83. The lowest BCUT2D eigenvalue weighted by Crippen LogP contribution is -2.32. The van der Waals surface area contributed by atoms with Crippen molar-refractivity contribution in [1.29, 1.82) is 0 Å². The third kappa shape index (κ3) is 5.53. The summed E-state index contributed by atoms with van der Waals surface area (Å²) in [5, 5.41) is 15.9. The molecule has 0 aliphatic heterocycles. The van der Waals surface area contributed by atoms with E-state index < -0.39 is 0 Å². The van der Waals surface area contributed by atoms with E-state index in [4.69, 9.17) is 4.74 Å². The molecular formula is C27H24N2O3. The van der Waals surface area contributed by atoms with E-state index in [0.717, 1.165) is 11.1 Å². The number of carbonyl (C=O) groups excluding carboxylic acids is 1. The molecule has 4 aromatic carbocycles. The number of benzene rings is 4. The number of nitrogens with one attached hydrogen (secondary N) is 2. The number of amides is 1. The van der Waals surface area contributed by atoms with Crippen LogP contribution >= 0.6 is 0 Å². The minimum absolute atomic E-state index is 0.0973. The van der Waals surface area contributed by atoms with Gasteiger partial charge < -0.3 is 15.2 Å². The topological polar surface area (TPSA) is 70.6 Å². The minimum atomic E-state index is -0.196.